The number of anilines is 1. The lowest BCUT2D eigenvalue weighted by molar-refractivity contribution is 0.318. The highest BCUT2D eigenvalue weighted by Crippen LogP contribution is 2.19. The molecule has 0 atom stereocenters. The number of hydrogen-bond donors (Lipinski definition) is 2. The molecule has 0 spiro atoms. The molecule has 112 valence electrons. The average molecular weight is 300 g/mol. The number of benzene rings is 1. The van der Waals surface area contributed by atoms with Gasteiger partial charge in [-0.05, 0) is 12.1 Å². The standard InChI is InChI=1S/C12H20N4O3S/c1-4-16(5-2)20(18,19)15(3)11-8-6-7-10(9-11)12(13)14-17/h6-9,17H,4-5H2,1-3H3,(H2,13,14). The highest BCUT2D eigenvalue weighted by molar-refractivity contribution is 7.90. The minimum absolute atomic E-state index is 0.0690. The van der Waals surface area contributed by atoms with E-state index >= 15 is 0 Å². The maximum atomic E-state index is 12.4. The zero-order valence-corrected chi connectivity index (χ0v) is 12.6. The molecule has 1 aromatic carbocycles. The average Bonchev–Trinajstić information content (AvgIpc) is 2.46. The summed E-state index contributed by atoms with van der Waals surface area (Å²) in [5.41, 5.74) is 6.40. The highest BCUT2D eigenvalue weighted by Gasteiger charge is 2.24. The van der Waals surface area contributed by atoms with Gasteiger partial charge in [0, 0.05) is 25.7 Å². The Morgan fingerprint density at radius 2 is 1.95 bits per heavy atom. The Balaban J connectivity index is 3.18. The van der Waals surface area contributed by atoms with E-state index in [2.05, 4.69) is 5.16 Å². The van der Waals surface area contributed by atoms with Crippen LogP contribution < -0.4 is 10.0 Å². The second-order valence-electron chi connectivity index (χ2n) is 4.10. The van der Waals surface area contributed by atoms with Crippen molar-refractivity contribution in [3.63, 3.8) is 0 Å². The fraction of sp³-hybridized carbons (Fsp3) is 0.417. The van der Waals surface area contributed by atoms with Gasteiger partial charge in [-0.2, -0.15) is 12.7 Å². The lowest BCUT2D eigenvalue weighted by atomic mass is 10.2. The van der Waals surface area contributed by atoms with Gasteiger partial charge in [-0.25, -0.2) is 0 Å². The molecule has 7 nitrogen and oxygen atoms in total. The minimum atomic E-state index is -3.58. The van der Waals surface area contributed by atoms with Crippen molar-refractivity contribution >= 4 is 21.7 Å². The number of hydrogen-bond acceptors (Lipinski definition) is 4. The van der Waals surface area contributed by atoms with Crippen LogP contribution in [-0.2, 0) is 10.2 Å². The Morgan fingerprint density at radius 3 is 2.45 bits per heavy atom. The predicted molar refractivity (Wildman–Crippen MR) is 79.2 cm³/mol. The van der Waals surface area contributed by atoms with Gasteiger partial charge in [0.2, 0.25) is 0 Å². The van der Waals surface area contributed by atoms with Crippen molar-refractivity contribution in [1.29, 1.82) is 0 Å². The van der Waals surface area contributed by atoms with E-state index in [1.807, 2.05) is 0 Å². The third kappa shape index (κ3) is 3.20. The van der Waals surface area contributed by atoms with Gasteiger partial charge in [0.25, 0.3) is 0 Å². The number of nitrogens with zero attached hydrogens (tertiary/aromatic N) is 3. The van der Waals surface area contributed by atoms with Crippen molar-refractivity contribution in [3.05, 3.63) is 29.8 Å². The summed E-state index contributed by atoms with van der Waals surface area (Å²) in [6, 6.07) is 6.48. The van der Waals surface area contributed by atoms with Crippen molar-refractivity contribution in [1.82, 2.24) is 4.31 Å². The van der Waals surface area contributed by atoms with Crippen molar-refractivity contribution in [2.45, 2.75) is 13.8 Å². The molecule has 0 saturated carbocycles. The van der Waals surface area contributed by atoms with Crippen LogP contribution in [0.15, 0.2) is 29.4 Å². The molecule has 0 heterocycles. The van der Waals surface area contributed by atoms with Gasteiger partial charge in [-0.3, -0.25) is 4.31 Å². The molecule has 0 bridgehead atoms. The van der Waals surface area contributed by atoms with E-state index in [1.165, 1.54) is 15.7 Å². The normalized spacial score (nSPS) is 12.7. The van der Waals surface area contributed by atoms with Crippen molar-refractivity contribution in [2.75, 3.05) is 24.4 Å². The van der Waals surface area contributed by atoms with Gasteiger partial charge >= 0.3 is 10.2 Å². The Labute approximate surface area is 119 Å². The quantitative estimate of drug-likeness (QED) is 0.351. The molecule has 8 heteroatoms. The first-order chi connectivity index (χ1) is 9.38. The summed E-state index contributed by atoms with van der Waals surface area (Å²) in [6.07, 6.45) is 0. The van der Waals surface area contributed by atoms with Crippen LogP contribution in [0.25, 0.3) is 0 Å². The molecule has 0 unspecified atom stereocenters. The fourth-order valence-corrected chi connectivity index (χ4v) is 3.15. The Hall–Kier alpha value is -1.80. The first-order valence-electron chi connectivity index (χ1n) is 6.20. The van der Waals surface area contributed by atoms with E-state index in [-0.39, 0.29) is 5.84 Å². The number of nitrogens with two attached hydrogens (primary N) is 1. The summed E-state index contributed by atoms with van der Waals surface area (Å²) >= 11 is 0. The van der Waals surface area contributed by atoms with Crippen LogP contribution in [0, 0.1) is 0 Å². The van der Waals surface area contributed by atoms with Crippen LogP contribution in [0.3, 0.4) is 0 Å². The van der Waals surface area contributed by atoms with Crippen molar-refractivity contribution in [3.8, 4) is 0 Å². The SMILES string of the molecule is CCN(CC)S(=O)(=O)N(C)c1cccc(C(N)=NO)c1. The lowest BCUT2D eigenvalue weighted by Gasteiger charge is -2.27. The summed E-state index contributed by atoms with van der Waals surface area (Å²) in [4.78, 5) is 0. The Morgan fingerprint density at radius 1 is 1.35 bits per heavy atom. The van der Waals surface area contributed by atoms with E-state index < -0.39 is 10.2 Å². The van der Waals surface area contributed by atoms with Crippen LogP contribution in [0.2, 0.25) is 0 Å². The van der Waals surface area contributed by atoms with Crippen molar-refractivity contribution < 1.29 is 13.6 Å². The second-order valence-corrected chi connectivity index (χ2v) is 6.05. The van der Waals surface area contributed by atoms with Crippen LogP contribution in [0.5, 0.6) is 0 Å². The highest BCUT2D eigenvalue weighted by atomic mass is 32.2. The van der Waals surface area contributed by atoms with Gasteiger partial charge in [0.05, 0.1) is 5.69 Å². The van der Waals surface area contributed by atoms with E-state index in [9.17, 15) is 8.42 Å². The van der Waals surface area contributed by atoms with Gasteiger partial charge in [-0.15, -0.1) is 0 Å². The largest absolute Gasteiger partial charge is 0.409 e. The summed E-state index contributed by atoms with van der Waals surface area (Å²) in [5, 5.41) is 11.6. The molecule has 0 aliphatic carbocycles. The monoisotopic (exact) mass is 300 g/mol. The molecule has 0 aliphatic rings. The molecule has 0 amide bonds. The zero-order chi connectivity index (χ0) is 15.3. The number of amidine groups is 1. The smallest absolute Gasteiger partial charge is 0.303 e. The number of rotatable bonds is 6. The molecule has 0 aromatic heterocycles. The maximum absolute atomic E-state index is 12.4. The molecular weight excluding hydrogens is 280 g/mol. The molecule has 1 aromatic rings. The van der Waals surface area contributed by atoms with E-state index in [4.69, 9.17) is 10.9 Å². The molecule has 0 aliphatic heterocycles. The lowest BCUT2D eigenvalue weighted by Crippen LogP contribution is -2.41. The van der Waals surface area contributed by atoms with Crippen LogP contribution in [-0.4, -0.2) is 43.9 Å². The molecule has 1 rings (SSSR count). The van der Waals surface area contributed by atoms with E-state index in [1.54, 1.807) is 38.1 Å². The van der Waals surface area contributed by atoms with Crippen LogP contribution in [0.1, 0.15) is 19.4 Å². The molecule has 20 heavy (non-hydrogen) atoms. The third-order valence-corrected chi connectivity index (χ3v) is 5.06. The molecule has 0 fully saturated rings. The van der Waals surface area contributed by atoms with Gasteiger partial charge in [0.15, 0.2) is 5.84 Å². The molecule has 0 saturated heterocycles. The Kier molecular flexibility index (Phi) is 5.34. The second kappa shape index (κ2) is 6.58. The van der Waals surface area contributed by atoms with Crippen LogP contribution in [0.4, 0.5) is 5.69 Å². The molecule has 0 radical (unpaired) electrons. The minimum Gasteiger partial charge on any atom is -0.409 e. The first-order valence-corrected chi connectivity index (χ1v) is 7.60. The zero-order valence-electron chi connectivity index (χ0n) is 11.8. The Bertz CT molecular complexity index is 582. The summed E-state index contributed by atoms with van der Waals surface area (Å²) in [6.45, 7) is 4.34. The topological polar surface area (TPSA) is 99.2 Å². The van der Waals surface area contributed by atoms with E-state index in [0.717, 1.165) is 0 Å². The van der Waals surface area contributed by atoms with Gasteiger partial charge in [-0.1, -0.05) is 31.1 Å². The number of oxime groups is 1. The summed E-state index contributed by atoms with van der Waals surface area (Å²) in [5.74, 6) is -0.0690. The first kappa shape index (κ1) is 16.3. The fourth-order valence-electron chi connectivity index (χ4n) is 1.78. The summed E-state index contributed by atoms with van der Waals surface area (Å²) in [7, 11) is -2.11. The summed E-state index contributed by atoms with van der Waals surface area (Å²) < 4.78 is 27.3. The van der Waals surface area contributed by atoms with E-state index in [0.29, 0.717) is 24.3 Å². The third-order valence-electron chi connectivity index (χ3n) is 2.99. The molecular formula is C12H20N4O3S. The van der Waals surface area contributed by atoms with Crippen LogP contribution >= 0.6 is 0 Å². The van der Waals surface area contributed by atoms with Gasteiger partial charge < -0.3 is 10.9 Å². The maximum Gasteiger partial charge on any atom is 0.303 e. The predicted octanol–water partition coefficient (Wildman–Crippen LogP) is 0.804. The van der Waals surface area contributed by atoms with Gasteiger partial charge in [0.1, 0.15) is 0 Å². The molecule has 3 N–H and O–H groups in total. The van der Waals surface area contributed by atoms with Crippen molar-refractivity contribution in [2.24, 2.45) is 10.9 Å².